The van der Waals surface area contributed by atoms with Gasteiger partial charge in [0.2, 0.25) is 21.7 Å². The van der Waals surface area contributed by atoms with Crippen molar-refractivity contribution in [2.45, 2.75) is 6.43 Å². The molecule has 0 radical (unpaired) electrons. The van der Waals surface area contributed by atoms with E-state index in [1.54, 1.807) is 4.72 Å². The number of aromatic nitrogens is 2. The van der Waals surface area contributed by atoms with Crippen LogP contribution in [0.2, 0.25) is 0 Å². The second kappa shape index (κ2) is 9.70. The number of benzene rings is 1. The third-order valence-electron chi connectivity index (χ3n) is 3.12. The molecule has 0 saturated heterocycles. The van der Waals surface area contributed by atoms with Crippen molar-refractivity contribution in [1.82, 2.24) is 15.0 Å². The molecule has 0 atom stereocenters. The van der Waals surface area contributed by atoms with Gasteiger partial charge in [-0.1, -0.05) is 5.16 Å². The topological polar surface area (TPSA) is 142 Å². The second-order valence-electron chi connectivity index (χ2n) is 5.15. The molecule has 0 spiro atoms. The molecule has 2 aromatic rings. The van der Waals surface area contributed by atoms with Crippen LogP contribution in [0.3, 0.4) is 0 Å². The van der Waals surface area contributed by atoms with Crippen LogP contribution in [0, 0.1) is 5.82 Å². The van der Waals surface area contributed by atoms with Crippen molar-refractivity contribution in [2.24, 2.45) is 5.16 Å². The first-order valence-corrected chi connectivity index (χ1v) is 9.93. The average molecular weight is 487 g/mol. The minimum absolute atomic E-state index is 0.0643. The molecule has 0 aliphatic rings. The number of hydrogen-bond acceptors (Lipinski definition) is 8. The van der Waals surface area contributed by atoms with Crippen molar-refractivity contribution in [3.05, 3.63) is 34.2 Å². The van der Waals surface area contributed by atoms with Crippen molar-refractivity contribution in [3.63, 3.8) is 0 Å². The van der Waals surface area contributed by atoms with Gasteiger partial charge in [0.25, 0.3) is 6.43 Å². The van der Waals surface area contributed by atoms with Crippen molar-refractivity contribution in [2.75, 3.05) is 29.5 Å². The Morgan fingerprint density at radius 3 is 2.75 bits per heavy atom. The number of nitrogens with one attached hydrogen (secondary N) is 3. The Labute approximate surface area is 165 Å². The fourth-order valence-corrected chi connectivity index (χ4v) is 3.14. The lowest BCUT2D eigenvalue weighted by atomic mass is 10.3. The van der Waals surface area contributed by atoms with Crippen molar-refractivity contribution >= 4 is 43.3 Å². The number of oxime groups is 1. The predicted octanol–water partition coefficient (Wildman–Crippen LogP) is 1.82. The number of anilines is 2. The highest BCUT2D eigenvalue weighted by atomic mass is 79.9. The fourth-order valence-electron chi connectivity index (χ4n) is 1.87. The molecule has 0 aliphatic heterocycles. The number of alkyl halides is 2. The van der Waals surface area contributed by atoms with E-state index >= 15 is 0 Å². The minimum atomic E-state index is -3.93. The second-order valence-corrected chi connectivity index (χ2v) is 7.93. The molecule has 1 heterocycles. The number of halogens is 4. The number of amidine groups is 1. The number of nitrogens with zero attached hydrogens (tertiary/aromatic N) is 3. The maximum Gasteiger partial charge on any atom is 0.251 e. The van der Waals surface area contributed by atoms with Gasteiger partial charge in [0.15, 0.2) is 5.69 Å². The van der Waals surface area contributed by atoms with Gasteiger partial charge >= 0.3 is 0 Å². The summed E-state index contributed by atoms with van der Waals surface area (Å²) in [6, 6.07) is 3.91. The van der Waals surface area contributed by atoms with Gasteiger partial charge in [0.05, 0.1) is 16.8 Å². The zero-order valence-corrected chi connectivity index (χ0v) is 16.3. The molecular weight excluding hydrogens is 473 g/mol. The molecule has 154 valence electrons. The van der Waals surface area contributed by atoms with Crippen molar-refractivity contribution < 1.29 is 31.4 Å². The highest BCUT2D eigenvalue weighted by Crippen LogP contribution is 2.21. The monoisotopic (exact) mass is 486 g/mol. The first kappa shape index (κ1) is 21.9. The summed E-state index contributed by atoms with van der Waals surface area (Å²) in [6.07, 6.45) is -2.81. The zero-order valence-electron chi connectivity index (χ0n) is 13.9. The predicted molar refractivity (Wildman–Crippen MR) is 96.6 cm³/mol. The lowest BCUT2D eigenvalue weighted by Gasteiger charge is -2.09. The van der Waals surface area contributed by atoms with E-state index in [0.717, 1.165) is 0 Å². The molecule has 0 bridgehead atoms. The fraction of sp³-hybridized carbons (Fsp3) is 0.308. The molecule has 10 nitrogen and oxygen atoms in total. The summed E-state index contributed by atoms with van der Waals surface area (Å²) in [5.74, 6) is -1.32. The molecule has 2 rings (SSSR count). The molecule has 1 aromatic heterocycles. The van der Waals surface area contributed by atoms with Gasteiger partial charge in [0.1, 0.15) is 5.82 Å². The maximum atomic E-state index is 13.3. The van der Waals surface area contributed by atoms with Gasteiger partial charge in [-0.15, -0.1) is 0 Å². The SMILES string of the molecule is O=S(=O)(CCNc1nonc1/C(=N/O)Nc1ccc(F)c(Br)c1)NCC(F)F. The Bertz CT molecular complexity index is 940. The highest BCUT2D eigenvalue weighted by Gasteiger charge is 2.19. The van der Waals surface area contributed by atoms with Gasteiger partial charge in [0, 0.05) is 12.2 Å². The zero-order chi connectivity index (χ0) is 20.7. The van der Waals surface area contributed by atoms with Crippen LogP contribution in [-0.4, -0.2) is 55.0 Å². The van der Waals surface area contributed by atoms with Gasteiger partial charge in [-0.05, 0) is 44.4 Å². The molecule has 0 saturated carbocycles. The molecule has 15 heteroatoms. The van der Waals surface area contributed by atoms with Crippen molar-refractivity contribution in [3.8, 4) is 0 Å². The van der Waals surface area contributed by atoms with Crippen LogP contribution in [0.5, 0.6) is 0 Å². The van der Waals surface area contributed by atoms with E-state index in [4.69, 9.17) is 0 Å². The van der Waals surface area contributed by atoms with Gasteiger partial charge in [-0.3, -0.25) is 0 Å². The smallest absolute Gasteiger partial charge is 0.251 e. The molecule has 0 unspecified atom stereocenters. The van der Waals surface area contributed by atoms with Crippen LogP contribution >= 0.6 is 15.9 Å². The van der Waals surface area contributed by atoms with Crippen LogP contribution in [0.1, 0.15) is 5.69 Å². The number of sulfonamides is 1. The van der Waals surface area contributed by atoms with Crippen LogP contribution in [0.4, 0.5) is 24.7 Å². The quantitative estimate of drug-likeness (QED) is 0.182. The minimum Gasteiger partial charge on any atom is -0.409 e. The molecule has 0 aliphatic carbocycles. The van der Waals surface area contributed by atoms with E-state index in [9.17, 15) is 26.8 Å². The molecule has 4 N–H and O–H groups in total. The Morgan fingerprint density at radius 1 is 1.36 bits per heavy atom. The number of rotatable bonds is 9. The normalized spacial score (nSPS) is 12.4. The maximum absolute atomic E-state index is 13.3. The molecule has 0 amide bonds. The first-order chi connectivity index (χ1) is 13.2. The van der Waals surface area contributed by atoms with Gasteiger partial charge < -0.3 is 15.8 Å². The lowest BCUT2D eigenvalue weighted by Crippen LogP contribution is -2.33. The van der Waals surface area contributed by atoms with Crippen molar-refractivity contribution in [1.29, 1.82) is 0 Å². The first-order valence-electron chi connectivity index (χ1n) is 7.48. The van der Waals surface area contributed by atoms with E-state index in [2.05, 4.69) is 46.7 Å². The molecule has 1 aromatic carbocycles. The average Bonchev–Trinajstić information content (AvgIpc) is 3.09. The summed E-state index contributed by atoms with van der Waals surface area (Å²) in [5, 5.41) is 24.5. The Kier molecular flexibility index (Phi) is 7.59. The molecule has 28 heavy (non-hydrogen) atoms. The Hall–Kier alpha value is -2.39. The Balaban J connectivity index is 2.02. The highest BCUT2D eigenvalue weighted by molar-refractivity contribution is 9.10. The summed E-state index contributed by atoms with van der Waals surface area (Å²) in [6.45, 7) is -1.21. The standard InChI is InChI=1S/C13H14BrF3N6O4S/c14-8-5-7(1-2-9(8)15)20-13(21-24)11-12(23-27-22-11)18-3-4-28(25,26)19-6-10(16)17/h1-2,5,10,19,24H,3-4,6H2,(H,18,23)(H,20,21). The summed E-state index contributed by atoms with van der Waals surface area (Å²) in [7, 11) is -3.93. The largest absolute Gasteiger partial charge is 0.409 e. The Morgan fingerprint density at radius 2 is 2.11 bits per heavy atom. The summed E-state index contributed by atoms with van der Waals surface area (Å²) in [5.41, 5.74) is 0.245. The van der Waals surface area contributed by atoms with E-state index in [-0.39, 0.29) is 28.4 Å². The van der Waals surface area contributed by atoms with E-state index < -0.39 is 34.6 Å². The molecular formula is C13H14BrF3N6O4S. The molecule has 0 fully saturated rings. The van der Waals surface area contributed by atoms with Crippen LogP contribution in [0.25, 0.3) is 0 Å². The third kappa shape index (κ3) is 6.35. The van der Waals surface area contributed by atoms with Crippen LogP contribution < -0.4 is 15.4 Å². The summed E-state index contributed by atoms with van der Waals surface area (Å²) >= 11 is 3.01. The van der Waals surface area contributed by atoms with Gasteiger partial charge in [-0.25, -0.2) is 30.9 Å². The van der Waals surface area contributed by atoms with E-state index in [1.165, 1.54) is 18.2 Å². The van der Waals surface area contributed by atoms with E-state index in [0.29, 0.717) is 5.69 Å². The summed E-state index contributed by atoms with van der Waals surface area (Å²) in [4.78, 5) is 0. The third-order valence-corrected chi connectivity index (χ3v) is 5.07. The number of hydrogen-bond donors (Lipinski definition) is 4. The van der Waals surface area contributed by atoms with Crippen LogP contribution in [0.15, 0.2) is 32.5 Å². The van der Waals surface area contributed by atoms with E-state index in [1.807, 2.05) is 0 Å². The van der Waals surface area contributed by atoms with Crippen LogP contribution in [-0.2, 0) is 10.0 Å². The lowest BCUT2D eigenvalue weighted by molar-refractivity contribution is 0.153. The summed E-state index contributed by atoms with van der Waals surface area (Å²) < 4.78 is 67.1. The van der Waals surface area contributed by atoms with Gasteiger partial charge in [-0.2, -0.15) is 0 Å².